The highest BCUT2D eigenvalue weighted by Gasteiger charge is 2.47. The van der Waals surface area contributed by atoms with Gasteiger partial charge >= 0.3 is 15.6 Å². The Hall–Kier alpha value is -0.300. The van der Waals surface area contributed by atoms with Crippen LogP contribution in [0.25, 0.3) is 0 Å². The Bertz CT molecular complexity index is 260. The molecular weight excluding hydrogens is 209 g/mol. The van der Waals surface area contributed by atoms with Gasteiger partial charge in [-0.2, -0.15) is 21.6 Å². The first-order valence-corrected chi connectivity index (χ1v) is 4.82. The van der Waals surface area contributed by atoms with E-state index >= 15 is 0 Å². The number of hydrogen-bond acceptors (Lipinski definition) is 3. The van der Waals surface area contributed by atoms with E-state index in [1.54, 1.807) is 20.8 Å². The van der Waals surface area contributed by atoms with Crippen molar-refractivity contribution in [2.75, 3.05) is 6.61 Å². The highest BCUT2D eigenvalue weighted by Crippen LogP contribution is 2.26. The second-order valence-corrected chi connectivity index (χ2v) is 5.33. The van der Waals surface area contributed by atoms with E-state index in [-0.39, 0.29) is 0 Å². The third kappa shape index (κ3) is 4.47. The summed E-state index contributed by atoms with van der Waals surface area (Å²) in [5, 5.41) is 0. The first-order valence-electron chi connectivity index (χ1n) is 3.41. The van der Waals surface area contributed by atoms with Gasteiger partial charge in [0, 0.05) is 0 Å². The molecule has 0 fully saturated rings. The zero-order valence-electron chi connectivity index (χ0n) is 7.47. The number of halogens is 3. The lowest BCUT2D eigenvalue weighted by molar-refractivity contribution is -0.0558. The number of alkyl halides is 3. The maximum Gasteiger partial charge on any atom is 0.523 e. The van der Waals surface area contributed by atoms with Gasteiger partial charge in [-0.05, 0) is 5.41 Å². The van der Waals surface area contributed by atoms with Gasteiger partial charge in [0.15, 0.2) is 0 Å². The van der Waals surface area contributed by atoms with Crippen LogP contribution in [0.4, 0.5) is 13.2 Å². The minimum Gasteiger partial charge on any atom is -0.263 e. The normalized spacial score (nSPS) is 14.6. The molecule has 0 atom stereocenters. The van der Waals surface area contributed by atoms with Crippen LogP contribution in [0, 0.1) is 5.41 Å². The Balaban J connectivity index is 4.40. The number of rotatable bonds is 2. The molecule has 0 saturated carbocycles. The van der Waals surface area contributed by atoms with Crippen LogP contribution in [0.3, 0.4) is 0 Å². The SMILES string of the molecule is CC(C)(C)COS(=O)(=O)C(F)(F)F. The molecule has 0 aromatic heterocycles. The lowest BCUT2D eigenvalue weighted by Gasteiger charge is -2.18. The molecule has 0 unspecified atom stereocenters. The molecule has 0 N–H and O–H groups in total. The largest absolute Gasteiger partial charge is 0.523 e. The molecule has 0 saturated heterocycles. The van der Waals surface area contributed by atoms with Gasteiger partial charge in [-0.3, -0.25) is 4.18 Å². The summed E-state index contributed by atoms with van der Waals surface area (Å²) in [5.74, 6) is 0. The highest BCUT2D eigenvalue weighted by molar-refractivity contribution is 7.87. The maximum absolute atomic E-state index is 11.7. The Morgan fingerprint density at radius 3 is 1.77 bits per heavy atom. The maximum atomic E-state index is 11.7. The average molecular weight is 220 g/mol. The molecule has 0 radical (unpaired) electrons. The fourth-order valence-electron chi connectivity index (χ4n) is 0.321. The quantitative estimate of drug-likeness (QED) is 0.527. The van der Waals surface area contributed by atoms with Crippen molar-refractivity contribution in [3.63, 3.8) is 0 Å². The van der Waals surface area contributed by atoms with E-state index in [1.165, 1.54) is 0 Å². The Morgan fingerprint density at radius 2 is 1.54 bits per heavy atom. The Labute approximate surface area is 75.0 Å². The Kier molecular flexibility index (Phi) is 3.37. The third-order valence-corrected chi connectivity index (χ3v) is 1.93. The van der Waals surface area contributed by atoms with E-state index in [2.05, 4.69) is 4.18 Å². The smallest absolute Gasteiger partial charge is 0.263 e. The number of hydrogen-bond donors (Lipinski definition) is 0. The van der Waals surface area contributed by atoms with Crippen molar-refractivity contribution in [1.82, 2.24) is 0 Å². The zero-order valence-corrected chi connectivity index (χ0v) is 8.29. The summed E-state index contributed by atoms with van der Waals surface area (Å²) in [4.78, 5) is 0. The summed E-state index contributed by atoms with van der Waals surface area (Å²) in [6.45, 7) is 4.21. The molecule has 0 bridgehead atoms. The molecule has 0 rings (SSSR count). The first kappa shape index (κ1) is 12.7. The van der Waals surface area contributed by atoms with Gasteiger partial charge in [0.2, 0.25) is 0 Å². The standard InChI is InChI=1S/C6H11F3O3S/c1-5(2,3)4-12-13(10,11)6(7,8)9/h4H2,1-3H3. The summed E-state index contributed by atoms with van der Waals surface area (Å²) in [5.41, 5.74) is -5.96. The molecule has 0 heterocycles. The lowest BCUT2D eigenvalue weighted by atomic mass is 9.99. The minimum absolute atomic E-state index is 0.491. The van der Waals surface area contributed by atoms with Gasteiger partial charge in [0.05, 0.1) is 6.61 Å². The van der Waals surface area contributed by atoms with Crippen LogP contribution >= 0.6 is 0 Å². The van der Waals surface area contributed by atoms with E-state index in [4.69, 9.17) is 0 Å². The second-order valence-electron chi connectivity index (χ2n) is 3.72. The second kappa shape index (κ2) is 3.45. The van der Waals surface area contributed by atoms with Gasteiger partial charge in [0.25, 0.3) is 0 Å². The Morgan fingerprint density at radius 1 is 1.15 bits per heavy atom. The van der Waals surface area contributed by atoms with Gasteiger partial charge < -0.3 is 0 Å². The fraction of sp³-hybridized carbons (Fsp3) is 1.00. The zero-order chi connectivity index (χ0) is 10.9. The predicted molar refractivity (Wildman–Crippen MR) is 40.4 cm³/mol. The van der Waals surface area contributed by atoms with Crippen LogP contribution in [0.5, 0.6) is 0 Å². The van der Waals surface area contributed by atoms with Crippen LogP contribution < -0.4 is 0 Å². The van der Waals surface area contributed by atoms with E-state index in [0.29, 0.717) is 0 Å². The van der Waals surface area contributed by atoms with Crippen molar-refractivity contribution in [3.05, 3.63) is 0 Å². The topological polar surface area (TPSA) is 43.4 Å². The van der Waals surface area contributed by atoms with Crippen molar-refractivity contribution in [1.29, 1.82) is 0 Å². The van der Waals surface area contributed by atoms with Crippen molar-refractivity contribution >= 4 is 10.1 Å². The van der Waals surface area contributed by atoms with Crippen LogP contribution in [0.1, 0.15) is 20.8 Å². The molecule has 0 aliphatic heterocycles. The third-order valence-electron chi connectivity index (χ3n) is 0.931. The van der Waals surface area contributed by atoms with Crippen molar-refractivity contribution in [2.45, 2.75) is 26.3 Å². The summed E-state index contributed by atoms with van der Waals surface area (Å²) in [6.07, 6.45) is 0. The van der Waals surface area contributed by atoms with Crippen molar-refractivity contribution in [3.8, 4) is 0 Å². The van der Waals surface area contributed by atoms with Gasteiger partial charge in [-0.1, -0.05) is 20.8 Å². The highest BCUT2D eigenvalue weighted by atomic mass is 32.2. The van der Waals surface area contributed by atoms with Crippen molar-refractivity contribution < 1.29 is 25.8 Å². The molecular formula is C6H11F3O3S. The summed E-state index contributed by atoms with van der Waals surface area (Å²) >= 11 is 0. The van der Waals surface area contributed by atoms with E-state index in [9.17, 15) is 21.6 Å². The van der Waals surface area contributed by atoms with Crippen LogP contribution in [-0.4, -0.2) is 20.5 Å². The lowest BCUT2D eigenvalue weighted by Crippen LogP contribution is -2.29. The first-order chi connectivity index (χ1) is 5.46. The van der Waals surface area contributed by atoms with E-state index < -0.39 is 27.6 Å². The average Bonchev–Trinajstić information content (AvgIpc) is 1.79. The molecule has 0 aromatic carbocycles. The molecule has 80 valence electrons. The summed E-state index contributed by atoms with van der Waals surface area (Å²) < 4.78 is 59.6. The molecule has 7 heteroatoms. The van der Waals surface area contributed by atoms with Gasteiger partial charge in [0.1, 0.15) is 0 Å². The molecule has 0 aliphatic carbocycles. The van der Waals surface area contributed by atoms with E-state index in [0.717, 1.165) is 0 Å². The molecule has 0 spiro atoms. The fourth-order valence-corrected chi connectivity index (χ4v) is 0.964. The summed E-state index contributed by atoms with van der Waals surface area (Å²) in [7, 11) is -5.43. The molecule has 0 aliphatic rings. The minimum atomic E-state index is -5.43. The molecule has 3 nitrogen and oxygen atoms in total. The summed E-state index contributed by atoms with van der Waals surface area (Å²) in [6, 6.07) is 0. The molecule has 0 amide bonds. The van der Waals surface area contributed by atoms with Gasteiger partial charge in [-0.15, -0.1) is 0 Å². The molecule has 13 heavy (non-hydrogen) atoms. The molecule has 0 aromatic rings. The van der Waals surface area contributed by atoms with Crippen LogP contribution in [0.15, 0.2) is 0 Å². The monoisotopic (exact) mass is 220 g/mol. The van der Waals surface area contributed by atoms with Crippen LogP contribution in [0.2, 0.25) is 0 Å². The van der Waals surface area contributed by atoms with E-state index in [1.807, 2.05) is 0 Å². The van der Waals surface area contributed by atoms with Crippen molar-refractivity contribution in [2.24, 2.45) is 5.41 Å². The predicted octanol–water partition coefficient (Wildman–Crippen LogP) is 1.90. The van der Waals surface area contributed by atoms with Crippen LogP contribution in [-0.2, 0) is 14.3 Å². The van der Waals surface area contributed by atoms with Gasteiger partial charge in [-0.25, -0.2) is 0 Å².